The first-order valence-electron chi connectivity index (χ1n) is 8.77. The predicted molar refractivity (Wildman–Crippen MR) is 111 cm³/mol. The summed E-state index contributed by atoms with van der Waals surface area (Å²) in [6.45, 7) is 3.31. The maximum absolute atomic E-state index is 12.5. The zero-order chi connectivity index (χ0) is 21.0. The molecule has 0 aliphatic heterocycles. The summed E-state index contributed by atoms with van der Waals surface area (Å²) in [5, 5.41) is 16.2. The Balaban J connectivity index is 2.19. The van der Waals surface area contributed by atoms with Crippen LogP contribution in [0.4, 0.5) is 17.1 Å². The van der Waals surface area contributed by atoms with E-state index in [0.717, 1.165) is 0 Å². The van der Waals surface area contributed by atoms with Gasteiger partial charge in [-0.05, 0) is 31.2 Å². The van der Waals surface area contributed by atoms with Gasteiger partial charge in [0.15, 0.2) is 0 Å². The van der Waals surface area contributed by atoms with Crippen molar-refractivity contribution in [1.29, 1.82) is 5.26 Å². The Hall–Kier alpha value is -3.63. The number of anilines is 3. The number of carbonyl (C=O) groups is 2. The first-order chi connectivity index (χ1) is 13.9. The molecule has 0 unspecified atom stereocenters. The second-order valence-electron chi connectivity index (χ2n) is 6.08. The molecule has 0 radical (unpaired) electrons. The van der Waals surface area contributed by atoms with E-state index in [1.807, 2.05) is 0 Å². The molecule has 0 atom stereocenters. The highest BCUT2D eigenvalue weighted by molar-refractivity contribution is 6.33. The lowest BCUT2D eigenvalue weighted by atomic mass is 10.1. The molecule has 1 heterocycles. The molecule has 2 N–H and O–H groups in total. The van der Waals surface area contributed by atoms with Gasteiger partial charge in [-0.25, -0.2) is 4.79 Å². The molecular weight excluding hydrogens is 392 g/mol. The van der Waals surface area contributed by atoms with Crippen LogP contribution in [-0.4, -0.2) is 23.5 Å². The molecule has 0 aliphatic carbocycles. The van der Waals surface area contributed by atoms with Crippen molar-refractivity contribution in [3.63, 3.8) is 0 Å². The summed E-state index contributed by atoms with van der Waals surface area (Å²) in [6, 6.07) is 12.1. The number of hydrogen-bond donors (Lipinski definition) is 2. The van der Waals surface area contributed by atoms with E-state index in [1.54, 1.807) is 43.3 Å². The second kappa shape index (κ2) is 8.59. The summed E-state index contributed by atoms with van der Waals surface area (Å²) in [5.74, 6) is -0.778. The normalized spacial score (nSPS) is 10.3. The number of esters is 1. The summed E-state index contributed by atoms with van der Waals surface area (Å²) < 4.78 is 5.14. The van der Waals surface area contributed by atoms with E-state index < -0.39 is 5.97 Å². The van der Waals surface area contributed by atoms with Gasteiger partial charge in [0.2, 0.25) is 5.91 Å². The maximum atomic E-state index is 12.5. The van der Waals surface area contributed by atoms with E-state index in [4.69, 9.17) is 16.3 Å². The van der Waals surface area contributed by atoms with Crippen molar-refractivity contribution in [3.05, 3.63) is 58.7 Å². The van der Waals surface area contributed by atoms with E-state index in [1.165, 1.54) is 13.1 Å². The van der Waals surface area contributed by atoms with Gasteiger partial charge in [0.1, 0.15) is 11.6 Å². The molecule has 0 saturated carbocycles. The van der Waals surface area contributed by atoms with Crippen molar-refractivity contribution in [2.24, 2.45) is 0 Å². The van der Waals surface area contributed by atoms with Crippen LogP contribution >= 0.6 is 11.6 Å². The molecule has 7 nitrogen and oxygen atoms in total. The number of nitriles is 1. The van der Waals surface area contributed by atoms with Gasteiger partial charge in [0.05, 0.1) is 34.1 Å². The quantitative estimate of drug-likeness (QED) is 0.596. The van der Waals surface area contributed by atoms with Crippen LogP contribution in [0.25, 0.3) is 10.9 Å². The van der Waals surface area contributed by atoms with Crippen molar-refractivity contribution in [2.45, 2.75) is 13.8 Å². The van der Waals surface area contributed by atoms with Crippen molar-refractivity contribution < 1.29 is 14.3 Å². The zero-order valence-corrected chi connectivity index (χ0v) is 16.5. The van der Waals surface area contributed by atoms with Crippen LogP contribution in [0.1, 0.15) is 29.8 Å². The number of hydrogen-bond acceptors (Lipinski definition) is 6. The molecule has 0 bridgehead atoms. The monoisotopic (exact) mass is 408 g/mol. The predicted octanol–water partition coefficient (Wildman–Crippen LogP) is 4.64. The lowest BCUT2D eigenvalue weighted by molar-refractivity contribution is -0.114. The lowest BCUT2D eigenvalue weighted by Crippen LogP contribution is -2.10. The van der Waals surface area contributed by atoms with Gasteiger partial charge in [-0.3, -0.25) is 9.78 Å². The summed E-state index contributed by atoms with van der Waals surface area (Å²) in [7, 11) is 0. The fourth-order valence-electron chi connectivity index (χ4n) is 2.85. The topological polar surface area (TPSA) is 104 Å². The third-order valence-electron chi connectivity index (χ3n) is 4.06. The number of fused-ring (bicyclic) bond motifs is 1. The molecule has 1 aromatic heterocycles. The average molecular weight is 409 g/mol. The van der Waals surface area contributed by atoms with Gasteiger partial charge in [-0.2, -0.15) is 5.26 Å². The standard InChI is InChI=1S/C21H17ClN4O3/c1-3-29-21(28)16-11-24-19-13(10-23)5-4-6-15(19)20(16)26-18-9-14(25-12(2)27)7-8-17(18)22/h4-9,11H,3H2,1-2H3,(H,24,26)(H,25,27). The third kappa shape index (κ3) is 4.28. The summed E-state index contributed by atoms with van der Waals surface area (Å²) in [6.07, 6.45) is 1.37. The van der Waals surface area contributed by atoms with E-state index in [0.29, 0.717) is 38.6 Å². The first kappa shape index (κ1) is 20.1. The van der Waals surface area contributed by atoms with Gasteiger partial charge < -0.3 is 15.4 Å². The molecule has 8 heteroatoms. The first-order valence-corrected chi connectivity index (χ1v) is 9.15. The average Bonchev–Trinajstić information content (AvgIpc) is 2.69. The van der Waals surface area contributed by atoms with Crippen LogP contribution in [0.15, 0.2) is 42.6 Å². The molecule has 1 amide bonds. The highest BCUT2D eigenvalue weighted by Crippen LogP contribution is 2.34. The third-order valence-corrected chi connectivity index (χ3v) is 4.39. The number of para-hydroxylation sites is 1. The molecule has 0 spiro atoms. The summed E-state index contributed by atoms with van der Waals surface area (Å²) in [5.41, 5.74) is 2.44. The Morgan fingerprint density at radius 2 is 2.07 bits per heavy atom. The molecule has 2 aromatic carbocycles. The van der Waals surface area contributed by atoms with Gasteiger partial charge in [0, 0.05) is 24.2 Å². The van der Waals surface area contributed by atoms with Crippen molar-refractivity contribution in [2.75, 3.05) is 17.2 Å². The van der Waals surface area contributed by atoms with Crippen molar-refractivity contribution in [1.82, 2.24) is 4.98 Å². The van der Waals surface area contributed by atoms with E-state index >= 15 is 0 Å². The number of pyridine rings is 1. The fourth-order valence-corrected chi connectivity index (χ4v) is 3.01. The molecule has 0 aliphatic rings. The largest absolute Gasteiger partial charge is 0.462 e. The number of carbonyl (C=O) groups excluding carboxylic acids is 2. The van der Waals surface area contributed by atoms with Crippen LogP contribution < -0.4 is 10.6 Å². The smallest absolute Gasteiger partial charge is 0.341 e. The fraction of sp³-hybridized carbons (Fsp3) is 0.143. The van der Waals surface area contributed by atoms with Crippen LogP contribution in [0.5, 0.6) is 0 Å². The maximum Gasteiger partial charge on any atom is 0.341 e. The van der Waals surface area contributed by atoms with Crippen LogP contribution in [0.3, 0.4) is 0 Å². The van der Waals surface area contributed by atoms with Gasteiger partial charge in [0.25, 0.3) is 0 Å². The molecule has 3 rings (SSSR count). The highest BCUT2D eigenvalue weighted by atomic mass is 35.5. The molecule has 0 fully saturated rings. The van der Waals surface area contributed by atoms with E-state index in [-0.39, 0.29) is 18.1 Å². The van der Waals surface area contributed by atoms with Crippen molar-refractivity contribution >= 4 is 51.4 Å². The van der Waals surface area contributed by atoms with E-state index in [9.17, 15) is 14.9 Å². The lowest BCUT2D eigenvalue weighted by Gasteiger charge is -2.16. The minimum atomic E-state index is -0.555. The minimum absolute atomic E-state index is 0.202. The van der Waals surface area contributed by atoms with Gasteiger partial charge in [-0.15, -0.1) is 0 Å². The Morgan fingerprint density at radius 1 is 1.28 bits per heavy atom. The molecule has 0 saturated heterocycles. The number of amides is 1. The molecule has 146 valence electrons. The molecule has 29 heavy (non-hydrogen) atoms. The number of aromatic nitrogens is 1. The Labute approximate surface area is 172 Å². The number of rotatable bonds is 5. The van der Waals surface area contributed by atoms with Crippen molar-refractivity contribution in [3.8, 4) is 6.07 Å². The number of benzene rings is 2. The second-order valence-corrected chi connectivity index (χ2v) is 6.49. The Morgan fingerprint density at radius 3 is 2.76 bits per heavy atom. The number of ether oxygens (including phenoxy) is 1. The van der Waals surface area contributed by atoms with Crippen LogP contribution in [-0.2, 0) is 9.53 Å². The van der Waals surface area contributed by atoms with Crippen LogP contribution in [0.2, 0.25) is 5.02 Å². The number of halogens is 1. The van der Waals surface area contributed by atoms with E-state index in [2.05, 4.69) is 21.7 Å². The Bertz CT molecular complexity index is 1150. The highest BCUT2D eigenvalue weighted by Gasteiger charge is 2.19. The van der Waals surface area contributed by atoms with Crippen LogP contribution in [0, 0.1) is 11.3 Å². The molecular formula is C21H17ClN4O3. The van der Waals surface area contributed by atoms with Gasteiger partial charge in [-0.1, -0.05) is 23.7 Å². The Kier molecular flexibility index (Phi) is 5.96. The zero-order valence-electron chi connectivity index (χ0n) is 15.7. The molecule has 3 aromatic rings. The SMILES string of the molecule is CCOC(=O)c1cnc2c(C#N)cccc2c1Nc1cc(NC(C)=O)ccc1Cl. The van der Waals surface area contributed by atoms with Gasteiger partial charge >= 0.3 is 5.97 Å². The number of nitrogens with zero attached hydrogens (tertiary/aromatic N) is 2. The number of nitrogens with one attached hydrogen (secondary N) is 2. The minimum Gasteiger partial charge on any atom is -0.462 e. The summed E-state index contributed by atoms with van der Waals surface area (Å²) in [4.78, 5) is 28.1. The summed E-state index contributed by atoms with van der Waals surface area (Å²) >= 11 is 6.33.